The third kappa shape index (κ3) is 3.66. The first-order chi connectivity index (χ1) is 13.1. The van der Waals surface area contributed by atoms with E-state index in [0.717, 1.165) is 11.3 Å². The van der Waals surface area contributed by atoms with E-state index in [2.05, 4.69) is 10.3 Å². The summed E-state index contributed by atoms with van der Waals surface area (Å²) in [4.78, 5) is 30.9. The molecule has 1 amide bonds. The van der Waals surface area contributed by atoms with Crippen LogP contribution < -0.4 is 20.3 Å². The Bertz CT molecular complexity index is 1040. The van der Waals surface area contributed by atoms with Gasteiger partial charge in [-0.15, -0.1) is 11.3 Å². The third-order valence-electron chi connectivity index (χ3n) is 4.33. The van der Waals surface area contributed by atoms with Gasteiger partial charge in [0.15, 0.2) is 11.5 Å². The van der Waals surface area contributed by atoms with E-state index >= 15 is 0 Å². The molecule has 0 spiro atoms. The Balaban J connectivity index is 1.38. The fraction of sp³-hybridized carbons (Fsp3) is 0.316. The lowest BCUT2D eigenvalue weighted by atomic mass is 10.2. The number of para-hydroxylation sites is 2. The van der Waals surface area contributed by atoms with E-state index in [1.54, 1.807) is 0 Å². The van der Waals surface area contributed by atoms with Crippen molar-refractivity contribution in [2.45, 2.75) is 26.0 Å². The fourth-order valence-electron chi connectivity index (χ4n) is 2.90. The topological polar surface area (TPSA) is 82.5 Å². The molecule has 0 aliphatic carbocycles. The molecule has 0 saturated carbocycles. The SMILES string of the molecule is CCc1cc2c(=O)n(CC(=O)NCC3COc4ccccc4O3)cnc2s1. The summed E-state index contributed by atoms with van der Waals surface area (Å²) in [6.07, 6.45) is 2.01. The van der Waals surface area contributed by atoms with Crippen LogP contribution in [0.1, 0.15) is 11.8 Å². The molecule has 0 bridgehead atoms. The van der Waals surface area contributed by atoms with Crippen molar-refractivity contribution in [3.8, 4) is 11.5 Å². The summed E-state index contributed by atoms with van der Waals surface area (Å²) in [6.45, 7) is 2.62. The third-order valence-corrected chi connectivity index (χ3v) is 5.51. The van der Waals surface area contributed by atoms with Crippen LogP contribution in [-0.2, 0) is 17.8 Å². The van der Waals surface area contributed by atoms with Gasteiger partial charge in [0.2, 0.25) is 5.91 Å². The molecule has 1 aliphatic heterocycles. The van der Waals surface area contributed by atoms with Gasteiger partial charge in [0.1, 0.15) is 24.1 Å². The van der Waals surface area contributed by atoms with Crippen LogP contribution in [0.3, 0.4) is 0 Å². The maximum absolute atomic E-state index is 12.5. The van der Waals surface area contributed by atoms with Crippen molar-refractivity contribution >= 4 is 27.5 Å². The Morgan fingerprint density at radius 3 is 3.00 bits per heavy atom. The second kappa shape index (κ2) is 7.40. The first-order valence-electron chi connectivity index (χ1n) is 8.77. The number of nitrogens with one attached hydrogen (secondary N) is 1. The van der Waals surface area contributed by atoms with E-state index in [0.29, 0.717) is 34.9 Å². The molecule has 1 aromatic carbocycles. The van der Waals surface area contributed by atoms with Crippen molar-refractivity contribution in [2.24, 2.45) is 0 Å². The number of rotatable bonds is 5. The highest BCUT2D eigenvalue weighted by Crippen LogP contribution is 2.30. The molecule has 0 fully saturated rings. The Morgan fingerprint density at radius 2 is 2.19 bits per heavy atom. The zero-order chi connectivity index (χ0) is 18.8. The van der Waals surface area contributed by atoms with Crippen LogP contribution in [-0.4, -0.2) is 34.7 Å². The minimum absolute atomic E-state index is 0.0801. The zero-order valence-electron chi connectivity index (χ0n) is 14.8. The molecular formula is C19H19N3O4S. The Labute approximate surface area is 159 Å². The van der Waals surface area contributed by atoms with Crippen LogP contribution in [0.25, 0.3) is 10.2 Å². The van der Waals surface area contributed by atoms with Gasteiger partial charge >= 0.3 is 0 Å². The van der Waals surface area contributed by atoms with Crippen LogP contribution in [0.15, 0.2) is 41.5 Å². The maximum Gasteiger partial charge on any atom is 0.262 e. The van der Waals surface area contributed by atoms with Gasteiger partial charge in [-0.3, -0.25) is 14.2 Å². The predicted molar refractivity (Wildman–Crippen MR) is 103 cm³/mol. The van der Waals surface area contributed by atoms with Gasteiger partial charge in [-0.1, -0.05) is 19.1 Å². The lowest BCUT2D eigenvalue weighted by molar-refractivity contribution is -0.122. The largest absolute Gasteiger partial charge is 0.486 e. The summed E-state index contributed by atoms with van der Waals surface area (Å²) in [7, 11) is 0. The molecule has 1 atom stereocenters. The molecular weight excluding hydrogens is 366 g/mol. The quantitative estimate of drug-likeness (QED) is 0.726. The minimum atomic E-state index is -0.273. The number of thiophene rings is 1. The number of carbonyl (C=O) groups excluding carboxylic acids is 1. The molecule has 1 aliphatic rings. The van der Waals surface area contributed by atoms with Crippen molar-refractivity contribution < 1.29 is 14.3 Å². The van der Waals surface area contributed by atoms with E-state index in [-0.39, 0.29) is 24.1 Å². The van der Waals surface area contributed by atoms with Gasteiger partial charge in [0.25, 0.3) is 5.56 Å². The molecule has 3 aromatic rings. The monoisotopic (exact) mass is 385 g/mol. The number of hydrogen-bond donors (Lipinski definition) is 1. The summed E-state index contributed by atoms with van der Waals surface area (Å²) in [5, 5.41) is 3.36. The van der Waals surface area contributed by atoms with Gasteiger partial charge in [0, 0.05) is 4.88 Å². The number of aromatic nitrogens is 2. The minimum Gasteiger partial charge on any atom is -0.486 e. The highest BCUT2D eigenvalue weighted by atomic mass is 32.1. The van der Waals surface area contributed by atoms with E-state index < -0.39 is 0 Å². The second-order valence-corrected chi connectivity index (χ2v) is 7.38. The molecule has 0 radical (unpaired) electrons. The number of carbonyl (C=O) groups is 1. The van der Waals surface area contributed by atoms with Crippen LogP contribution >= 0.6 is 11.3 Å². The van der Waals surface area contributed by atoms with Crippen LogP contribution in [0.4, 0.5) is 0 Å². The molecule has 1 unspecified atom stereocenters. The van der Waals surface area contributed by atoms with Crippen molar-refractivity contribution in [3.63, 3.8) is 0 Å². The van der Waals surface area contributed by atoms with E-state index in [4.69, 9.17) is 9.47 Å². The first kappa shape index (κ1) is 17.5. The normalized spacial score (nSPS) is 15.7. The molecule has 2 aromatic heterocycles. The Kier molecular flexibility index (Phi) is 4.81. The summed E-state index contributed by atoms with van der Waals surface area (Å²) < 4.78 is 12.8. The number of hydrogen-bond acceptors (Lipinski definition) is 6. The number of benzene rings is 1. The van der Waals surface area contributed by atoms with Gasteiger partial charge < -0.3 is 14.8 Å². The second-order valence-electron chi connectivity index (χ2n) is 6.26. The average molecular weight is 385 g/mol. The Hall–Kier alpha value is -2.87. The van der Waals surface area contributed by atoms with Crippen LogP contribution in [0, 0.1) is 0 Å². The van der Waals surface area contributed by atoms with Gasteiger partial charge in [0.05, 0.1) is 18.3 Å². The van der Waals surface area contributed by atoms with Crippen molar-refractivity contribution in [1.29, 1.82) is 0 Å². The number of ether oxygens (including phenoxy) is 2. The smallest absolute Gasteiger partial charge is 0.262 e. The lowest BCUT2D eigenvalue weighted by Crippen LogP contribution is -2.42. The van der Waals surface area contributed by atoms with Crippen LogP contribution in [0.2, 0.25) is 0 Å². The average Bonchev–Trinajstić information content (AvgIpc) is 3.13. The van der Waals surface area contributed by atoms with Gasteiger partial charge in [-0.25, -0.2) is 4.98 Å². The number of amides is 1. The van der Waals surface area contributed by atoms with Crippen molar-refractivity contribution in [3.05, 3.63) is 51.9 Å². The van der Waals surface area contributed by atoms with Crippen molar-refractivity contribution in [2.75, 3.05) is 13.2 Å². The highest BCUT2D eigenvalue weighted by molar-refractivity contribution is 7.18. The number of aryl methyl sites for hydroxylation is 1. The van der Waals surface area contributed by atoms with E-state index in [1.807, 2.05) is 37.3 Å². The standard InChI is InChI=1S/C19H19N3O4S/c1-2-13-7-14-18(27-13)21-11-22(19(14)24)9-17(23)20-8-12-10-25-15-5-3-4-6-16(15)26-12/h3-7,11-12H,2,8-10H2,1H3,(H,20,23). The Morgan fingerprint density at radius 1 is 1.37 bits per heavy atom. The zero-order valence-corrected chi connectivity index (χ0v) is 15.6. The summed E-state index contributed by atoms with van der Waals surface area (Å²) in [5.41, 5.74) is -0.197. The fourth-order valence-corrected chi connectivity index (χ4v) is 3.82. The molecule has 8 heteroatoms. The van der Waals surface area contributed by atoms with Crippen LogP contribution in [0.5, 0.6) is 11.5 Å². The molecule has 140 valence electrons. The van der Waals surface area contributed by atoms with E-state index in [1.165, 1.54) is 22.2 Å². The molecule has 27 heavy (non-hydrogen) atoms. The number of fused-ring (bicyclic) bond motifs is 2. The molecule has 0 saturated heterocycles. The maximum atomic E-state index is 12.5. The number of nitrogens with zero attached hydrogens (tertiary/aromatic N) is 2. The highest BCUT2D eigenvalue weighted by Gasteiger charge is 2.21. The van der Waals surface area contributed by atoms with Gasteiger partial charge in [-0.05, 0) is 24.6 Å². The lowest BCUT2D eigenvalue weighted by Gasteiger charge is -2.26. The molecule has 1 N–H and O–H groups in total. The molecule has 4 rings (SSSR count). The summed E-state index contributed by atoms with van der Waals surface area (Å²) in [5.74, 6) is 1.10. The molecule has 3 heterocycles. The summed E-state index contributed by atoms with van der Waals surface area (Å²) >= 11 is 1.51. The van der Waals surface area contributed by atoms with Crippen molar-refractivity contribution in [1.82, 2.24) is 14.9 Å². The summed E-state index contributed by atoms with van der Waals surface area (Å²) in [6, 6.07) is 9.27. The first-order valence-corrected chi connectivity index (χ1v) is 9.58. The van der Waals surface area contributed by atoms with Gasteiger partial charge in [-0.2, -0.15) is 0 Å². The van der Waals surface area contributed by atoms with E-state index in [9.17, 15) is 9.59 Å². The predicted octanol–water partition coefficient (Wildman–Crippen LogP) is 1.98. The molecule has 7 nitrogen and oxygen atoms in total.